The third kappa shape index (κ3) is 5.44. The maximum absolute atomic E-state index is 3.06. The molecule has 0 aromatic carbocycles. The molecule has 0 radical (unpaired) electrons. The van der Waals surface area contributed by atoms with Crippen molar-refractivity contribution in [2.24, 2.45) is 0 Å². The zero-order valence-electron chi connectivity index (χ0n) is 12.7. The predicted molar refractivity (Wildman–Crippen MR) is 85.8 cm³/mol. The van der Waals surface area contributed by atoms with Gasteiger partial charge < -0.3 is 4.00 Å². The zero-order chi connectivity index (χ0) is 13.0. The van der Waals surface area contributed by atoms with Crippen LogP contribution >= 0.6 is 8.07 Å². The van der Waals surface area contributed by atoms with Gasteiger partial charge in [0.15, 0.2) is 0 Å². The number of hydrogen-bond donors (Lipinski definition) is 0. The highest BCUT2D eigenvalue weighted by molar-refractivity contribution is 7.60. The van der Waals surface area contributed by atoms with E-state index in [4.69, 9.17) is 0 Å². The molecule has 0 saturated heterocycles. The molecule has 0 aromatic rings. The highest BCUT2D eigenvalue weighted by atomic mass is 31.1. The van der Waals surface area contributed by atoms with E-state index >= 15 is 0 Å². The van der Waals surface area contributed by atoms with Gasteiger partial charge in [-0.25, -0.2) is 0 Å². The molecule has 0 heterocycles. The van der Waals surface area contributed by atoms with E-state index < -0.39 is 16.5 Å². The summed E-state index contributed by atoms with van der Waals surface area (Å²) >= 11 is 0. The summed E-state index contributed by atoms with van der Waals surface area (Å²) in [6.45, 7) is 19.9. The fraction of sp³-hybridized carbons (Fsp3) is 1.00. The lowest BCUT2D eigenvalue weighted by Crippen LogP contribution is -2.56. The van der Waals surface area contributed by atoms with Gasteiger partial charge in [0.25, 0.3) is 0 Å². The van der Waals surface area contributed by atoms with E-state index in [0.717, 1.165) is 0 Å². The van der Waals surface area contributed by atoms with Crippen molar-refractivity contribution >= 4 is 24.5 Å². The van der Waals surface area contributed by atoms with Crippen LogP contribution in [-0.2, 0) is 0 Å². The van der Waals surface area contributed by atoms with Crippen molar-refractivity contribution in [1.82, 2.24) is 4.00 Å². The van der Waals surface area contributed by atoms with Crippen LogP contribution < -0.4 is 0 Å². The predicted octanol–water partition coefficient (Wildman–Crippen LogP) is 5.18. The van der Waals surface area contributed by atoms with E-state index in [-0.39, 0.29) is 8.07 Å². The van der Waals surface area contributed by atoms with E-state index in [9.17, 15) is 0 Å². The van der Waals surface area contributed by atoms with E-state index in [1.807, 2.05) is 0 Å². The maximum atomic E-state index is 3.06. The Morgan fingerprint density at radius 1 is 0.750 bits per heavy atom. The highest BCUT2D eigenvalue weighted by Gasteiger charge is 2.38. The molecule has 0 N–H and O–H groups in total. The Labute approximate surface area is 107 Å². The summed E-state index contributed by atoms with van der Waals surface area (Å²) in [7, 11) is -2.12. The second-order valence-electron chi connectivity index (χ2n) is 6.61. The molecule has 0 bridgehead atoms. The van der Waals surface area contributed by atoms with Crippen molar-refractivity contribution < 1.29 is 0 Å². The van der Waals surface area contributed by atoms with E-state index in [2.05, 4.69) is 57.1 Å². The molecule has 0 aromatic heterocycles. The van der Waals surface area contributed by atoms with Crippen LogP contribution in [0.1, 0.15) is 26.7 Å². The minimum Gasteiger partial charge on any atom is -0.324 e. The Morgan fingerprint density at radius 3 is 1.25 bits per heavy atom. The Balaban J connectivity index is 4.97. The topological polar surface area (TPSA) is 3.24 Å². The quantitative estimate of drug-likeness (QED) is 0.458. The molecular formula is C12H32NPSi2. The van der Waals surface area contributed by atoms with E-state index in [0.29, 0.717) is 0 Å². The van der Waals surface area contributed by atoms with Gasteiger partial charge in [0.1, 0.15) is 16.5 Å². The van der Waals surface area contributed by atoms with Gasteiger partial charge in [-0.2, -0.15) is 0 Å². The monoisotopic (exact) mass is 277 g/mol. The molecule has 0 unspecified atom stereocenters. The highest BCUT2D eigenvalue weighted by Crippen LogP contribution is 2.48. The molecule has 0 rings (SSSR count). The molecule has 98 valence electrons. The third-order valence-electron chi connectivity index (χ3n) is 2.52. The average Bonchev–Trinajstić information content (AvgIpc) is 1.99. The molecule has 0 aliphatic carbocycles. The molecule has 16 heavy (non-hydrogen) atoms. The second-order valence-corrected chi connectivity index (χ2v) is 19.7. The summed E-state index contributed by atoms with van der Waals surface area (Å²) in [5.74, 6) is 0. The van der Waals surface area contributed by atoms with Gasteiger partial charge in [-0.1, -0.05) is 66.0 Å². The van der Waals surface area contributed by atoms with Crippen LogP contribution in [0.4, 0.5) is 0 Å². The molecule has 0 amide bonds. The van der Waals surface area contributed by atoms with Crippen molar-refractivity contribution in [2.45, 2.75) is 66.0 Å². The largest absolute Gasteiger partial charge is 0.324 e. The summed E-state index contributed by atoms with van der Waals surface area (Å²) in [6.07, 6.45) is 5.63. The van der Waals surface area contributed by atoms with Crippen LogP contribution in [0.25, 0.3) is 0 Å². The first kappa shape index (κ1) is 16.8. The molecule has 0 fully saturated rings. The first-order valence-corrected chi connectivity index (χ1v) is 15.3. The van der Waals surface area contributed by atoms with Crippen molar-refractivity contribution in [2.75, 3.05) is 12.3 Å². The Hall–Kier alpha value is 0.824. The summed E-state index contributed by atoms with van der Waals surface area (Å²) in [6, 6.07) is 0. The van der Waals surface area contributed by atoms with Crippen molar-refractivity contribution in [1.29, 1.82) is 0 Å². The van der Waals surface area contributed by atoms with Crippen LogP contribution in [0.15, 0.2) is 0 Å². The SMILES string of the molecule is CCCP(CCC)N([Si](C)(C)C)[Si](C)(C)C. The van der Waals surface area contributed by atoms with Crippen molar-refractivity contribution in [3.63, 3.8) is 0 Å². The molecule has 0 saturated carbocycles. The standard InChI is InChI=1S/C12H32NPSi2/c1-9-11-14(12-10-2)13(15(3,4)5)16(6,7)8/h9-12H2,1-8H3. The molecular weight excluding hydrogens is 245 g/mol. The van der Waals surface area contributed by atoms with Gasteiger partial charge >= 0.3 is 0 Å². The lowest BCUT2D eigenvalue weighted by molar-refractivity contribution is 0.918. The lowest BCUT2D eigenvalue weighted by Gasteiger charge is -2.49. The summed E-state index contributed by atoms with van der Waals surface area (Å²) in [5, 5.41) is 0. The fourth-order valence-corrected chi connectivity index (χ4v) is 20.4. The second kappa shape index (κ2) is 6.68. The molecule has 0 spiro atoms. The summed E-state index contributed by atoms with van der Waals surface area (Å²) in [5.41, 5.74) is 0. The number of rotatable bonds is 7. The Bertz CT molecular complexity index is 176. The number of hydrogen-bond acceptors (Lipinski definition) is 1. The molecule has 0 aliphatic rings. The average molecular weight is 278 g/mol. The third-order valence-corrected chi connectivity index (χ3v) is 16.9. The normalized spacial score (nSPS) is 13.9. The molecule has 1 nitrogen and oxygen atoms in total. The number of nitrogens with zero attached hydrogens (tertiary/aromatic N) is 1. The van der Waals surface area contributed by atoms with Crippen molar-refractivity contribution in [3.8, 4) is 0 Å². The molecule has 0 aliphatic heterocycles. The van der Waals surface area contributed by atoms with E-state index in [1.165, 1.54) is 25.2 Å². The van der Waals surface area contributed by atoms with Crippen LogP contribution in [0.5, 0.6) is 0 Å². The van der Waals surface area contributed by atoms with Crippen LogP contribution in [0.2, 0.25) is 39.3 Å². The Kier molecular flexibility index (Phi) is 7.02. The summed E-state index contributed by atoms with van der Waals surface area (Å²) in [4.78, 5) is 0. The van der Waals surface area contributed by atoms with Gasteiger partial charge in [-0.3, -0.25) is 0 Å². The Morgan fingerprint density at radius 2 is 1.06 bits per heavy atom. The van der Waals surface area contributed by atoms with Gasteiger partial charge in [-0.05, 0) is 20.4 Å². The minimum absolute atomic E-state index is 0.156. The van der Waals surface area contributed by atoms with E-state index in [1.54, 1.807) is 0 Å². The van der Waals surface area contributed by atoms with Crippen LogP contribution in [0, 0.1) is 0 Å². The first-order valence-electron chi connectivity index (χ1n) is 6.69. The minimum atomic E-state index is -1.14. The van der Waals surface area contributed by atoms with Gasteiger partial charge in [0, 0.05) is 0 Å². The maximum Gasteiger partial charge on any atom is 0.116 e. The van der Waals surface area contributed by atoms with Gasteiger partial charge in [0.05, 0.1) is 0 Å². The van der Waals surface area contributed by atoms with Gasteiger partial charge in [-0.15, -0.1) is 0 Å². The van der Waals surface area contributed by atoms with Crippen LogP contribution in [-0.4, -0.2) is 32.8 Å². The van der Waals surface area contributed by atoms with Gasteiger partial charge in [0.2, 0.25) is 0 Å². The molecule has 0 atom stereocenters. The zero-order valence-corrected chi connectivity index (χ0v) is 15.6. The smallest absolute Gasteiger partial charge is 0.116 e. The molecule has 4 heteroatoms. The van der Waals surface area contributed by atoms with Crippen LogP contribution in [0.3, 0.4) is 0 Å². The first-order chi connectivity index (χ1) is 7.14. The summed E-state index contributed by atoms with van der Waals surface area (Å²) < 4.78 is 3.06. The lowest BCUT2D eigenvalue weighted by atomic mass is 10.6. The fourth-order valence-electron chi connectivity index (χ4n) is 2.68. The van der Waals surface area contributed by atoms with Crippen molar-refractivity contribution in [3.05, 3.63) is 0 Å².